The largest absolute Gasteiger partial charge is 0.480 e. The third kappa shape index (κ3) is 2.97. The number of hydrogen-bond acceptors (Lipinski definition) is 2. The smallest absolute Gasteiger partial charge is 0.320 e. The Bertz CT molecular complexity index is 357. The number of rotatable bonds is 3. The molecule has 0 spiro atoms. The van der Waals surface area contributed by atoms with E-state index in [-0.39, 0.29) is 6.42 Å². The highest BCUT2D eigenvalue weighted by Gasteiger charge is 2.13. The van der Waals surface area contributed by atoms with Gasteiger partial charge in [-0.05, 0) is 24.1 Å². The molecule has 1 unspecified atom stereocenters. The highest BCUT2D eigenvalue weighted by Crippen LogP contribution is 2.22. The minimum atomic E-state index is -1.02. The van der Waals surface area contributed by atoms with Crippen molar-refractivity contribution in [1.29, 1.82) is 0 Å². The van der Waals surface area contributed by atoms with E-state index < -0.39 is 12.0 Å². The summed E-state index contributed by atoms with van der Waals surface area (Å²) in [4.78, 5) is 10.5. The van der Waals surface area contributed by atoms with Gasteiger partial charge in [-0.2, -0.15) is 0 Å². The van der Waals surface area contributed by atoms with Crippen molar-refractivity contribution in [3.8, 4) is 0 Å². The average Bonchev–Trinajstić information content (AvgIpc) is 2.09. The Balaban J connectivity index is 2.82. The van der Waals surface area contributed by atoms with Gasteiger partial charge in [0.1, 0.15) is 6.04 Å². The van der Waals surface area contributed by atoms with Crippen molar-refractivity contribution in [2.24, 2.45) is 5.73 Å². The summed E-state index contributed by atoms with van der Waals surface area (Å²) in [6.45, 7) is 0. The van der Waals surface area contributed by atoms with Gasteiger partial charge in [-0.3, -0.25) is 4.79 Å². The molecule has 0 aliphatic heterocycles. The summed E-state index contributed by atoms with van der Waals surface area (Å²) in [5.41, 5.74) is 6.13. The van der Waals surface area contributed by atoms with Gasteiger partial charge in [-0.25, -0.2) is 0 Å². The van der Waals surface area contributed by atoms with E-state index in [1.165, 1.54) is 0 Å². The van der Waals surface area contributed by atoms with Gasteiger partial charge in [0, 0.05) is 9.50 Å². The summed E-state index contributed by atoms with van der Waals surface area (Å²) in [6.07, 6.45) is 0.238. The molecule has 0 radical (unpaired) electrons. The second kappa shape index (κ2) is 4.77. The van der Waals surface area contributed by atoms with Crippen LogP contribution in [0.3, 0.4) is 0 Å². The maximum Gasteiger partial charge on any atom is 0.320 e. The minimum absolute atomic E-state index is 0.238. The quantitative estimate of drug-likeness (QED) is 0.889. The molecule has 0 bridgehead atoms. The lowest BCUT2D eigenvalue weighted by molar-refractivity contribution is -0.138. The van der Waals surface area contributed by atoms with Crippen LogP contribution < -0.4 is 5.73 Å². The molecule has 3 N–H and O–H groups in total. The van der Waals surface area contributed by atoms with E-state index in [1.807, 2.05) is 0 Å². The lowest BCUT2D eigenvalue weighted by Gasteiger charge is -2.08. The van der Waals surface area contributed by atoms with Crippen LogP contribution in [0, 0.1) is 0 Å². The van der Waals surface area contributed by atoms with Gasteiger partial charge in [-0.1, -0.05) is 33.6 Å². The number of aliphatic carboxylic acids is 1. The Labute approximate surface area is 95.0 Å². The number of nitrogens with two attached hydrogens (primary N) is 1. The summed E-state index contributed by atoms with van der Waals surface area (Å²) < 4.78 is 0.857. The van der Waals surface area contributed by atoms with Crippen molar-refractivity contribution < 1.29 is 9.90 Å². The van der Waals surface area contributed by atoms with Gasteiger partial charge in [0.15, 0.2) is 0 Å². The molecule has 0 aromatic heterocycles. The van der Waals surface area contributed by atoms with E-state index in [1.54, 1.807) is 18.2 Å². The zero-order chi connectivity index (χ0) is 10.7. The van der Waals surface area contributed by atoms with Crippen LogP contribution in [-0.2, 0) is 11.2 Å². The van der Waals surface area contributed by atoms with Crippen molar-refractivity contribution in [2.45, 2.75) is 12.5 Å². The zero-order valence-corrected chi connectivity index (χ0v) is 9.55. The fraction of sp³-hybridized carbons (Fsp3) is 0.222. The van der Waals surface area contributed by atoms with Crippen molar-refractivity contribution >= 4 is 33.5 Å². The fourth-order valence-electron chi connectivity index (χ4n) is 1.01. The van der Waals surface area contributed by atoms with Gasteiger partial charge in [0.2, 0.25) is 0 Å². The SMILES string of the molecule is NC(Cc1ccc(Br)cc1Cl)C(=O)O. The van der Waals surface area contributed by atoms with E-state index in [4.69, 9.17) is 22.4 Å². The van der Waals surface area contributed by atoms with Crippen molar-refractivity contribution in [3.63, 3.8) is 0 Å². The van der Waals surface area contributed by atoms with E-state index in [9.17, 15) is 4.79 Å². The molecule has 1 atom stereocenters. The molecule has 0 amide bonds. The molecule has 14 heavy (non-hydrogen) atoms. The van der Waals surface area contributed by atoms with Crippen LogP contribution in [0.2, 0.25) is 5.02 Å². The molecule has 0 fully saturated rings. The molecule has 0 saturated heterocycles. The number of halogens is 2. The van der Waals surface area contributed by atoms with Crippen molar-refractivity contribution in [1.82, 2.24) is 0 Å². The van der Waals surface area contributed by atoms with Crippen LogP contribution in [0.25, 0.3) is 0 Å². The Morgan fingerprint density at radius 3 is 2.79 bits per heavy atom. The van der Waals surface area contributed by atoms with Gasteiger partial charge in [-0.15, -0.1) is 0 Å². The maximum atomic E-state index is 10.5. The Morgan fingerprint density at radius 2 is 2.29 bits per heavy atom. The predicted octanol–water partition coefficient (Wildman–Crippen LogP) is 2.06. The van der Waals surface area contributed by atoms with E-state index in [0.717, 1.165) is 10.0 Å². The zero-order valence-electron chi connectivity index (χ0n) is 7.21. The van der Waals surface area contributed by atoms with Gasteiger partial charge >= 0.3 is 5.97 Å². The summed E-state index contributed by atoms with van der Waals surface area (Å²) in [7, 11) is 0. The molecule has 5 heteroatoms. The fourth-order valence-corrected chi connectivity index (χ4v) is 1.76. The van der Waals surface area contributed by atoms with Crippen LogP contribution >= 0.6 is 27.5 Å². The van der Waals surface area contributed by atoms with Crippen LogP contribution in [0.5, 0.6) is 0 Å². The van der Waals surface area contributed by atoms with Crippen molar-refractivity contribution in [3.05, 3.63) is 33.3 Å². The predicted molar refractivity (Wildman–Crippen MR) is 58.5 cm³/mol. The second-order valence-electron chi connectivity index (χ2n) is 2.88. The first kappa shape index (κ1) is 11.5. The Hall–Kier alpha value is -0.580. The third-order valence-electron chi connectivity index (χ3n) is 1.77. The number of carboxylic acids is 1. The summed E-state index contributed by atoms with van der Waals surface area (Å²) in [6, 6.07) is 4.37. The topological polar surface area (TPSA) is 63.3 Å². The molecule has 3 nitrogen and oxygen atoms in total. The number of carbonyl (C=O) groups is 1. The molecule has 0 aliphatic rings. The molecule has 0 saturated carbocycles. The van der Waals surface area contributed by atoms with Crippen molar-refractivity contribution in [2.75, 3.05) is 0 Å². The highest BCUT2D eigenvalue weighted by atomic mass is 79.9. The van der Waals surface area contributed by atoms with Gasteiger partial charge < -0.3 is 10.8 Å². The monoisotopic (exact) mass is 277 g/mol. The molecule has 0 aliphatic carbocycles. The van der Waals surface area contributed by atoms with Crippen LogP contribution in [-0.4, -0.2) is 17.1 Å². The normalized spacial score (nSPS) is 12.5. The third-order valence-corrected chi connectivity index (χ3v) is 2.62. The van der Waals surface area contributed by atoms with Crippen LogP contribution in [0.15, 0.2) is 22.7 Å². The molecule has 1 rings (SSSR count). The molecule has 0 heterocycles. The number of hydrogen-bond donors (Lipinski definition) is 2. The standard InChI is InChI=1S/C9H9BrClNO2/c10-6-2-1-5(7(11)4-6)3-8(12)9(13)14/h1-2,4,8H,3,12H2,(H,13,14). The average molecular weight is 279 g/mol. The maximum absolute atomic E-state index is 10.5. The lowest BCUT2D eigenvalue weighted by Crippen LogP contribution is -2.32. The van der Waals surface area contributed by atoms with Crippen LogP contribution in [0.4, 0.5) is 0 Å². The molecular formula is C9H9BrClNO2. The summed E-state index contributed by atoms with van der Waals surface area (Å²) in [5, 5.41) is 9.14. The highest BCUT2D eigenvalue weighted by molar-refractivity contribution is 9.10. The first-order valence-corrected chi connectivity index (χ1v) is 5.10. The molecule has 1 aromatic rings. The first-order chi connectivity index (χ1) is 6.50. The Kier molecular flexibility index (Phi) is 3.92. The summed E-state index contributed by atoms with van der Waals surface area (Å²) in [5.74, 6) is -1.02. The second-order valence-corrected chi connectivity index (χ2v) is 4.21. The van der Waals surface area contributed by atoms with Gasteiger partial charge in [0.05, 0.1) is 0 Å². The molecular weight excluding hydrogens is 269 g/mol. The van der Waals surface area contributed by atoms with Gasteiger partial charge in [0.25, 0.3) is 0 Å². The molecule has 1 aromatic carbocycles. The number of benzene rings is 1. The molecule has 76 valence electrons. The summed E-state index contributed by atoms with van der Waals surface area (Å²) >= 11 is 9.16. The van der Waals surface area contributed by atoms with E-state index in [0.29, 0.717) is 5.02 Å². The Morgan fingerprint density at radius 1 is 1.64 bits per heavy atom. The van der Waals surface area contributed by atoms with E-state index >= 15 is 0 Å². The first-order valence-electron chi connectivity index (χ1n) is 3.93. The number of carboxylic acid groups (broad SMARTS) is 1. The minimum Gasteiger partial charge on any atom is -0.480 e. The van der Waals surface area contributed by atoms with E-state index in [2.05, 4.69) is 15.9 Å². The van der Waals surface area contributed by atoms with Crippen LogP contribution in [0.1, 0.15) is 5.56 Å². The lowest BCUT2D eigenvalue weighted by atomic mass is 10.1.